The molecule has 0 aromatic heterocycles. The second kappa shape index (κ2) is 4.09. The fourth-order valence-electron chi connectivity index (χ4n) is 0.761. The van der Waals surface area contributed by atoms with E-state index < -0.39 is 0 Å². The van der Waals surface area contributed by atoms with Crippen molar-refractivity contribution < 1.29 is 4.79 Å². The molecule has 0 N–H and O–H groups in total. The van der Waals surface area contributed by atoms with Crippen LogP contribution in [0.1, 0.15) is 5.56 Å². The van der Waals surface area contributed by atoms with Gasteiger partial charge in [0, 0.05) is 4.47 Å². The fourth-order valence-corrected chi connectivity index (χ4v) is 1.18. The van der Waals surface area contributed by atoms with Crippen LogP contribution in [0.25, 0.3) is 6.08 Å². The summed E-state index contributed by atoms with van der Waals surface area (Å²) in [7, 11) is 0. The number of hydrogen-bond donors (Lipinski definition) is 0. The number of aldehydes is 1. The number of carbonyl (C=O) groups excluding carboxylic acids is 1. The maximum absolute atomic E-state index is 9.96. The highest BCUT2D eigenvalue weighted by Gasteiger charge is 1.86. The van der Waals surface area contributed by atoms with Gasteiger partial charge in [-0.05, 0) is 23.8 Å². The highest BCUT2D eigenvalue weighted by atomic mass is 79.9. The summed E-state index contributed by atoms with van der Waals surface area (Å²) < 4.78 is 1.02. The Kier molecular flexibility index (Phi) is 3.05. The third-order valence-electron chi connectivity index (χ3n) is 1.22. The van der Waals surface area contributed by atoms with E-state index in [0.29, 0.717) is 0 Å². The molecule has 0 amide bonds. The molecule has 0 atom stereocenters. The molecular weight excluding hydrogens is 204 g/mol. The van der Waals surface area contributed by atoms with E-state index in [1.54, 1.807) is 6.08 Å². The Morgan fingerprint density at radius 2 is 2.18 bits per heavy atom. The van der Waals surface area contributed by atoms with E-state index >= 15 is 0 Å². The van der Waals surface area contributed by atoms with Gasteiger partial charge in [0.05, 0.1) is 0 Å². The van der Waals surface area contributed by atoms with Crippen LogP contribution in [0.4, 0.5) is 0 Å². The highest BCUT2D eigenvalue weighted by Crippen LogP contribution is 2.12. The van der Waals surface area contributed by atoms with Crippen LogP contribution in [0.3, 0.4) is 0 Å². The molecule has 0 aliphatic heterocycles. The average molecular weight is 211 g/mol. The molecule has 1 nitrogen and oxygen atoms in total. The van der Waals surface area contributed by atoms with Crippen LogP contribution in [0, 0.1) is 0 Å². The lowest BCUT2D eigenvalue weighted by molar-refractivity contribution is -0.104. The van der Waals surface area contributed by atoms with Gasteiger partial charge in [0.25, 0.3) is 0 Å². The Hall–Kier alpha value is -0.890. The lowest BCUT2D eigenvalue weighted by Crippen LogP contribution is -1.70. The topological polar surface area (TPSA) is 17.1 Å². The first-order valence-corrected chi connectivity index (χ1v) is 3.99. The molecular formula is C9H7BrO. The van der Waals surface area contributed by atoms with Crippen LogP contribution >= 0.6 is 15.9 Å². The molecule has 2 heteroatoms. The summed E-state index contributed by atoms with van der Waals surface area (Å²) in [6.45, 7) is 0. The van der Waals surface area contributed by atoms with Gasteiger partial charge in [-0.25, -0.2) is 0 Å². The Morgan fingerprint density at radius 3 is 2.82 bits per heavy atom. The monoisotopic (exact) mass is 210 g/mol. The zero-order valence-corrected chi connectivity index (χ0v) is 7.41. The Labute approximate surface area is 73.9 Å². The molecule has 56 valence electrons. The lowest BCUT2D eigenvalue weighted by atomic mass is 10.2. The van der Waals surface area contributed by atoms with Crippen molar-refractivity contribution in [3.8, 4) is 0 Å². The molecule has 0 heterocycles. The maximum atomic E-state index is 9.96. The quantitative estimate of drug-likeness (QED) is 0.542. The third kappa shape index (κ3) is 2.68. The van der Waals surface area contributed by atoms with Gasteiger partial charge in [0.15, 0.2) is 0 Å². The van der Waals surface area contributed by atoms with Crippen LogP contribution in [0.2, 0.25) is 0 Å². The Bertz CT molecular complexity index is 279. The summed E-state index contributed by atoms with van der Waals surface area (Å²) in [6.07, 6.45) is 4.00. The van der Waals surface area contributed by atoms with E-state index in [2.05, 4.69) is 15.9 Å². The van der Waals surface area contributed by atoms with E-state index in [-0.39, 0.29) is 0 Å². The van der Waals surface area contributed by atoms with E-state index in [1.807, 2.05) is 24.3 Å². The molecule has 1 aromatic carbocycles. The molecule has 1 rings (SSSR count). The average Bonchev–Trinajstić information content (AvgIpc) is 2.01. The molecule has 0 spiro atoms. The van der Waals surface area contributed by atoms with Crippen molar-refractivity contribution in [1.82, 2.24) is 0 Å². The number of rotatable bonds is 2. The fraction of sp³-hybridized carbons (Fsp3) is 0. The van der Waals surface area contributed by atoms with E-state index in [9.17, 15) is 4.79 Å². The molecule has 0 bridgehead atoms. The zero-order chi connectivity index (χ0) is 8.10. The smallest absolute Gasteiger partial charge is 0.142 e. The molecule has 11 heavy (non-hydrogen) atoms. The maximum Gasteiger partial charge on any atom is 0.142 e. The van der Waals surface area contributed by atoms with Crippen molar-refractivity contribution in [2.24, 2.45) is 0 Å². The van der Waals surface area contributed by atoms with Gasteiger partial charge in [-0.1, -0.05) is 34.1 Å². The minimum atomic E-state index is 0.765. The van der Waals surface area contributed by atoms with Crippen molar-refractivity contribution in [1.29, 1.82) is 0 Å². The second-order valence-electron chi connectivity index (χ2n) is 2.05. The van der Waals surface area contributed by atoms with Crippen molar-refractivity contribution in [3.63, 3.8) is 0 Å². The van der Waals surface area contributed by atoms with Gasteiger partial charge in [-0.2, -0.15) is 0 Å². The number of benzene rings is 1. The van der Waals surface area contributed by atoms with Crippen molar-refractivity contribution in [2.75, 3.05) is 0 Å². The lowest BCUT2D eigenvalue weighted by Gasteiger charge is -1.91. The summed E-state index contributed by atoms with van der Waals surface area (Å²) in [5.74, 6) is 0. The minimum absolute atomic E-state index is 0.765. The molecule has 0 aliphatic rings. The molecule has 0 saturated carbocycles. The molecule has 0 aliphatic carbocycles. The highest BCUT2D eigenvalue weighted by molar-refractivity contribution is 9.10. The third-order valence-corrected chi connectivity index (χ3v) is 1.71. The van der Waals surface area contributed by atoms with Crippen LogP contribution in [-0.4, -0.2) is 6.29 Å². The van der Waals surface area contributed by atoms with E-state index in [0.717, 1.165) is 16.3 Å². The van der Waals surface area contributed by atoms with Gasteiger partial charge in [-0.15, -0.1) is 0 Å². The summed E-state index contributed by atoms with van der Waals surface area (Å²) in [4.78, 5) is 9.96. The van der Waals surface area contributed by atoms with Crippen LogP contribution in [0.5, 0.6) is 0 Å². The molecule has 1 aromatic rings. The number of hydrogen-bond acceptors (Lipinski definition) is 1. The summed E-state index contributed by atoms with van der Waals surface area (Å²) >= 11 is 3.33. The minimum Gasteiger partial charge on any atom is -0.299 e. The van der Waals surface area contributed by atoms with Gasteiger partial charge >= 0.3 is 0 Å². The SMILES string of the molecule is O=CC=Cc1cccc(Br)c1. The summed E-state index contributed by atoms with van der Waals surface area (Å²) in [5, 5.41) is 0. The van der Waals surface area contributed by atoms with Gasteiger partial charge < -0.3 is 0 Å². The molecule has 0 radical (unpaired) electrons. The van der Waals surface area contributed by atoms with Crippen LogP contribution in [-0.2, 0) is 4.79 Å². The summed E-state index contributed by atoms with van der Waals surface area (Å²) in [6, 6.07) is 7.75. The largest absolute Gasteiger partial charge is 0.299 e. The number of allylic oxidation sites excluding steroid dienone is 1. The standard InChI is InChI=1S/C9H7BrO/c10-9-5-1-3-8(7-9)4-2-6-11/h1-7H. The molecule has 0 fully saturated rings. The molecule has 0 unspecified atom stereocenters. The first kappa shape index (κ1) is 8.21. The second-order valence-corrected chi connectivity index (χ2v) is 2.97. The molecule has 0 saturated heterocycles. The number of carbonyl (C=O) groups is 1. The van der Waals surface area contributed by atoms with Gasteiger partial charge in [0.2, 0.25) is 0 Å². The van der Waals surface area contributed by atoms with Gasteiger partial charge in [-0.3, -0.25) is 4.79 Å². The number of halogens is 1. The Balaban J connectivity index is 2.87. The first-order chi connectivity index (χ1) is 5.33. The van der Waals surface area contributed by atoms with E-state index in [1.165, 1.54) is 6.08 Å². The van der Waals surface area contributed by atoms with Crippen LogP contribution in [0.15, 0.2) is 34.8 Å². The van der Waals surface area contributed by atoms with Crippen LogP contribution < -0.4 is 0 Å². The van der Waals surface area contributed by atoms with Gasteiger partial charge in [0.1, 0.15) is 6.29 Å². The predicted octanol–water partition coefficient (Wildman–Crippen LogP) is 2.66. The first-order valence-electron chi connectivity index (χ1n) is 3.20. The summed E-state index contributed by atoms with van der Waals surface area (Å²) in [5.41, 5.74) is 1.02. The zero-order valence-electron chi connectivity index (χ0n) is 5.83. The van der Waals surface area contributed by atoms with E-state index in [4.69, 9.17) is 0 Å². The van der Waals surface area contributed by atoms with Crippen molar-refractivity contribution in [3.05, 3.63) is 40.4 Å². The van der Waals surface area contributed by atoms with Crippen molar-refractivity contribution in [2.45, 2.75) is 0 Å². The normalized spacial score (nSPS) is 10.3. The Morgan fingerprint density at radius 1 is 1.36 bits per heavy atom. The van der Waals surface area contributed by atoms with Crippen molar-refractivity contribution >= 4 is 28.3 Å². The predicted molar refractivity (Wildman–Crippen MR) is 49.2 cm³/mol.